The Bertz CT molecular complexity index is 885. The van der Waals surface area contributed by atoms with Crippen LogP contribution in [-0.4, -0.2) is 32.6 Å². The number of benzene rings is 2. The summed E-state index contributed by atoms with van der Waals surface area (Å²) in [5, 5.41) is 14.0. The fourth-order valence-corrected chi connectivity index (χ4v) is 3.32. The molecule has 0 bridgehead atoms. The number of nitrogens with zero attached hydrogens (tertiary/aromatic N) is 3. The van der Waals surface area contributed by atoms with Crippen LogP contribution in [0.25, 0.3) is 10.8 Å². The van der Waals surface area contributed by atoms with Crippen molar-refractivity contribution < 1.29 is 4.79 Å². The normalized spacial score (nSPS) is 11.2. The second-order valence-corrected chi connectivity index (χ2v) is 7.04. The van der Waals surface area contributed by atoms with Crippen LogP contribution in [0.4, 0.5) is 0 Å². The van der Waals surface area contributed by atoms with Crippen LogP contribution in [-0.2, 0) is 11.2 Å². The van der Waals surface area contributed by atoms with Gasteiger partial charge in [-0.15, -0.1) is 10.2 Å². The molecule has 0 aliphatic rings. The van der Waals surface area contributed by atoms with Crippen LogP contribution in [0.3, 0.4) is 0 Å². The van der Waals surface area contributed by atoms with Gasteiger partial charge in [0.1, 0.15) is 0 Å². The van der Waals surface area contributed by atoms with Crippen molar-refractivity contribution >= 4 is 28.4 Å². The lowest BCUT2D eigenvalue weighted by Crippen LogP contribution is -2.31. The SMILES string of the molecule is CC(C)NC(=O)CSc1nnc(Cc2cccc3ccccc23)n1N. The predicted octanol–water partition coefficient (Wildman–Crippen LogP) is 2.35. The Labute approximate surface area is 150 Å². The average Bonchev–Trinajstić information content (AvgIpc) is 2.93. The summed E-state index contributed by atoms with van der Waals surface area (Å²) in [5.74, 6) is 7.01. The molecule has 1 amide bonds. The molecule has 2 aromatic carbocycles. The van der Waals surface area contributed by atoms with Crippen molar-refractivity contribution in [1.82, 2.24) is 20.2 Å². The zero-order valence-corrected chi connectivity index (χ0v) is 15.1. The van der Waals surface area contributed by atoms with Gasteiger partial charge in [0.05, 0.1) is 5.75 Å². The minimum absolute atomic E-state index is 0.0430. The molecule has 0 atom stereocenters. The highest BCUT2D eigenvalue weighted by Crippen LogP contribution is 2.22. The van der Waals surface area contributed by atoms with Crippen molar-refractivity contribution in [2.45, 2.75) is 31.5 Å². The molecule has 25 heavy (non-hydrogen) atoms. The lowest BCUT2D eigenvalue weighted by atomic mass is 10.0. The van der Waals surface area contributed by atoms with Gasteiger partial charge in [0.25, 0.3) is 0 Å². The van der Waals surface area contributed by atoms with Crippen LogP contribution in [0, 0.1) is 0 Å². The second kappa shape index (κ2) is 7.57. The molecular weight excluding hydrogens is 334 g/mol. The predicted molar refractivity (Wildman–Crippen MR) is 101 cm³/mol. The minimum Gasteiger partial charge on any atom is -0.353 e. The van der Waals surface area contributed by atoms with Crippen LogP contribution in [0.2, 0.25) is 0 Å². The molecule has 1 aromatic heterocycles. The topological polar surface area (TPSA) is 85.8 Å². The third kappa shape index (κ3) is 4.11. The van der Waals surface area contributed by atoms with E-state index in [1.165, 1.54) is 27.2 Å². The van der Waals surface area contributed by atoms with Gasteiger partial charge in [0, 0.05) is 12.5 Å². The largest absolute Gasteiger partial charge is 0.353 e. The van der Waals surface area contributed by atoms with Gasteiger partial charge in [-0.05, 0) is 30.2 Å². The van der Waals surface area contributed by atoms with Crippen LogP contribution in [0.15, 0.2) is 47.6 Å². The summed E-state index contributed by atoms with van der Waals surface area (Å²) < 4.78 is 1.47. The molecule has 130 valence electrons. The van der Waals surface area contributed by atoms with E-state index in [1.54, 1.807) is 0 Å². The fourth-order valence-electron chi connectivity index (χ4n) is 2.64. The van der Waals surface area contributed by atoms with E-state index < -0.39 is 0 Å². The fraction of sp³-hybridized carbons (Fsp3) is 0.278. The van der Waals surface area contributed by atoms with Gasteiger partial charge in [0.2, 0.25) is 11.1 Å². The monoisotopic (exact) mass is 355 g/mol. The number of carbonyl (C=O) groups is 1. The van der Waals surface area contributed by atoms with E-state index in [9.17, 15) is 4.79 Å². The molecule has 1 heterocycles. The highest BCUT2D eigenvalue weighted by Gasteiger charge is 2.14. The Morgan fingerprint density at radius 2 is 1.96 bits per heavy atom. The van der Waals surface area contributed by atoms with Crippen molar-refractivity contribution in [2.24, 2.45) is 0 Å². The molecule has 7 heteroatoms. The number of hydrogen-bond acceptors (Lipinski definition) is 5. The standard InChI is InChI=1S/C18H21N5OS/c1-12(2)20-17(24)11-25-18-22-21-16(23(18)19)10-14-8-5-7-13-6-3-4-9-15(13)14/h3-9,12H,10-11,19H2,1-2H3,(H,20,24). The summed E-state index contributed by atoms with van der Waals surface area (Å²) in [6.45, 7) is 3.85. The van der Waals surface area contributed by atoms with Crippen LogP contribution in [0.5, 0.6) is 0 Å². The van der Waals surface area contributed by atoms with Crippen LogP contribution >= 0.6 is 11.8 Å². The molecular formula is C18H21N5OS. The molecule has 6 nitrogen and oxygen atoms in total. The molecule has 3 N–H and O–H groups in total. The van der Waals surface area contributed by atoms with E-state index in [1.807, 2.05) is 32.0 Å². The van der Waals surface area contributed by atoms with E-state index in [-0.39, 0.29) is 17.7 Å². The minimum atomic E-state index is -0.0430. The van der Waals surface area contributed by atoms with Gasteiger partial charge in [-0.25, -0.2) is 4.68 Å². The number of hydrogen-bond donors (Lipinski definition) is 2. The van der Waals surface area contributed by atoms with Gasteiger partial charge < -0.3 is 11.2 Å². The molecule has 0 radical (unpaired) electrons. The van der Waals surface area contributed by atoms with E-state index in [2.05, 4.69) is 39.8 Å². The van der Waals surface area contributed by atoms with E-state index in [0.717, 1.165) is 5.56 Å². The van der Waals surface area contributed by atoms with Gasteiger partial charge >= 0.3 is 0 Å². The first-order valence-electron chi connectivity index (χ1n) is 8.12. The number of aromatic nitrogens is 3. The number of nitrogens with two attached hydrogens (primary N) is 1. The smallest absolute Gasteiger partial charge is 0.230 e. The maximum absolute atomic E-state index is 11.8. The summed E-state index contributed by atoms with van der Waals surface area (Å²) in [7, 11) is 0. The van der Waals surface area contributed by atoms with Crippen molar-refractivity contribution in [2.75, 3.05) is 11.6 Å². The van der Waals surface area contributed by atoms with E-state index in [4.69, 9.17) is 5.84 Å². The Balaban J connectivity index is 1.74. The maximum atomic E-state index is 11.8. The number of fused-ring (bicyclic) bond motifs is 1. The summed E-state index contributed by atoms with van der Waals surface area (Å²) in [5.41, 5.74) is 1.14. The van der Waals surface area contributed by atoms with Gasteiger partial charge in [0.15, 0.2) is 5.82 Å². The summed E-state index contributed by atoms with van der Waals surface area (Å²) in [4.78, 5) is 11.8. The first kappa shape index (κ1) is 17.3. The highest BCUT2D eigenvalue weighted by atomic mass is 32.2. The van der Waals surface area contributed by atoms with Crippen molar-refractivity contribution in [3.63, 3.8) is 0 Å². The van der Waals surface area contributed by atoms with Crippen LogP contribution in [0.1, 0.15) is 25.2 Å². The molecule has 0 aliphatic carbocycles. The first-order valence-corrected chi connectivity index (χ1v) is 9.11. The number of rotatable bonds is 6. The Morgan fingerprint density at radius 1 is 1.20 bits per heavy atom. The number of nitrogen functional groups attached to an aromatic ring is 1. The lowest BCUT2D eigenvalue weighted by molar-refractivity contribution is -0.119. The van der Waals surface area contributed by atoms with Crippen molar-refractivity contribution in [1.29, 1.82) is 0 Å². The Kier molecular flexibility index (Phi) is 5.23. The van der Waals surface area contributed by atoms with Gasteiger partial charge in [-0.2, -0.15) is 0 Å². The summed E-state index contributed by atoms with van der Waals surface area (Å²) >= 11 is 1.28. The highest BCUT2D eigenvalue weighted by molar-refractivity contribution is 7.99. The number of carbonyl (C=O) groups excluding carboxylic acids is 1. The molecule has 0 fully saturated rings. The third-order valence-electron chi connectivity index (χ3n) is 3.75. The molecule has 0 saturated heterocycles. The molecule has 3 aromatic rings. The van der Waals surface area contributed by atoms with E-state index >= 15 is 0 Å². The zero-order valence-electron chi connectivity index (χ0n) is 14.3. The number of nitrogens with one attached hydrogen (secondary N) is 1. The molecule has 0 saturated carbocycles. The first-order chi connectivity index (χ1) is 12.0. The zero-order chi connectivity index (χ0) is 17.8. The Morgan fingerprint density at radius 3 is 2.76 bits per heavy atom. The number of amides is 1. The molecule has 0 spiro atoms. The average molecular weight is 355 g/mol. The Hall–Kier alpha value is -2.54. The second-order valence-electron chi connectivity index (χ2n) is 6.09. The maximum Gasteiger partial charge on any atom is 0.230 e. The molecule has 3 rings (SSSR count). The lowest BCUT2D eigenvalue weighted by Gasteiger charge is -2.08. The van der Waals surface area contributed by atoms with Crippen molar-refractivity contribution in [3.05, 3.63) is 53.9 Å². The van der Waals surface area contributed by atoms with Crippen molar-refractivity contribution in [3.8, 4) is 0 Å². The quantitative estimate of drug-likeness (QED) is 0.524. The summed E-state index contributed by atoms with van der Waals surface area (Å²) in [6, 6.07) is 14.5. The summed E-state index contributed by atoms with van der Waals surface area (Å²) in [6.07, 6.45) is 0.587. The van der Waals surface area contributed by atoms with Gasteiger partial charge in [-0.1, -0.05) is 54.2 Å². The number of thioether (sulfide) groups is 1. The van der Waals surface area contributed by atoms with E-state index in [0.29, 0.717) is 17.4 Å². The molecule has 0 aliphatic heterocycles. The van der Waals surface area contributed by atoms with Gasteiger partial charge in [-0.3, -0.25) is 4.79 Å². The molecule has 0 unspecified atom stereocenters. The third-order valence-corrected chi connectivity index (χ3v) is 4.69. The van der Waals surface area contributed by atoms with Crippen LogP contribution < -0.4 is 11.2 Å².